The molecule has 0 spiro atoms. The van der Waals surface area contributed by atoms with Crippen molar-refractivity contribution in [2.75, 3.05) is 40.9 Å². The van der Waals surface area contributed by atoms with Crippen LogP contribution in [0.2, 0.25) is 0 Å². The Hall–Kier alpha value is -2.55. The summed E-state index contributed by atoms with van der Waals surface area (Å²) in [4.78, 5) is 37.4. The van der Waals surface area contributed by atoms with E-state index in [2.05, 4.69) is 86.8 Å². The molecule has 0 bridgehead atoms. The van der Waals surface area contributed by atoms with Gasteiger partial charge in [0.2, 0.25) is 5.91 Å². The van der Waals surface area contributed by atoms with Crippen LogP contribution in [-0.4, -0.2) is 74.3 Å². The second-order valence-electron chi connectivity index (χ2n) is 18.7. The number of hydrogen-bond donors (Lipinski definition) is 2. The van der Waals surface area contributed by atoms with Gasteiger partial charge in [-0.3, -0.25) is 18.6 Å². The van der Waals surface area contributed by atoms with Crippen LogP contribution >= 0.6 is 7.82 Å². The van der Waals surface area contributed by atoms with Crippen molar-refractivity contribution in [3.8, 4) is 0 Å². The first-order valence-corrected chi connectivity index (χ1v) is 27.8. The largest absolute Gasteiger partial charge is 0.472 e. The lowest BCUT2D eigenvalue weighted by Crippen LogP contribution is -2.47. The fraction of sp³-hybridized carbons (Fsp3) is 0.745. The predicted molar refractivity (Wildman–Crippen MR) is 277 cm³/mol. The van der Waals surface area contributed by atoms with E-state index in [4.69, 9.17) is 13.8 Å². The van der Waals surface area contributed by atoms with Crippen LogP contribution in [0.4, 0.5) is 0 Å². The standard InChI is InChI=1S/C55H99N2O7P/c1-7-10-13-16-19-22-25-26-27-28-29-30-33-35-38-41-44-47-54(58)56-52(51-63-65(60,61)62-50-49-57(4,5)6)53(46-43-40-37-34-31-23-20-17-14-11-8-2)64-55(59)48-45-42-39-36-32-24-21-18-15-12-9-3/h10,13,19,22,26-27,29-30,35,38,43,46,52-53H,7-9,11-12,14-18,20-21,23-25,28,31-34,36-37,39-42,44-45,47-51H2,1-6H3,(H-,56,58,60,61)/p+1/b13-10-,22-19-,27-26-,30-29-,38-35-,46-43-. The van der Waals surface area contributed by atoms with Crippen molar-refractivity contribution in [1.82, 2.24) is 5.32 Å². The highest BCUT2D eigenvalue weighted by Gasteiger charge is 2.30. The summed E-state index contributed by atoms with van der Waals surface area (Å²) in [5.74, 6) is -0.578. The van der Waals surface area contributed by atoms with Crippen molar-refractivity contribution in [2.45, 2.75) is 226 Å². The average Bonchev–Trinajstić information content (AvgIpc) is 3.26. The number of likely N-dealkylation sites (N-methyl/N-ethyl adjacent to an activating group) is 1. The second-order valence-corrected chi connectivity index (χ2v) is 20.1. The van der Waals surface area contributed by atoms with Crippen LogP contribution in [-0.2, 0) is 27.9 Å². The van der Waals surface area contributed by atoms with Crippen molar-refractivity contribution in [3.05, 3.63) is 72.9 Å². The summed E-state index contributed by atoms with van der Waals surface area (Å²) in [5.41, 5.74) is 0. The first-order chi connectivity index (χ1) is 31.4. The number of carbonyl (C=O) groups excluding carboxylic acids is 2. The molecular weight excluding hydrogens is 832 g/mol. The fourth-order valence-electron chi connectivity index (χ4n) is 7.09. The number of allylic oxidation sites excluding steroid dienone is 11. The van der Waals surface area contributed by atoms with Crippen LogP contribution in [0, 0.1) is 0 Å². The van der Waals surface area contributed by atoms with E-state index >= 15 is 0 Å². The Labute approximate surface area is 400 Å². The lowest BCUT2D eigenvalue weighted by atomic mass is 10.1. The molecule has 0 aliphatic rings. The third-order valence-corrected chi connectivity index (χ3v) is 12.1. The molecule has 0 rings (SSSR count). The van der Waals surface area contributed by atoms with Gasteiger partial charge in [-0.1, -0.05) is 203 Å². The van der Waals surface area contributed by atoms with Gasteiger partial charge >= 0.3 is 13.8 Å². The first-order valence-electron chi connectivity index (χ1n) is 26.3. The number of phosphoric acid groups is 1. The molecule has 0 aliphatic carbocycles. The van der Waals surface area contributed by atoms with Gasteiger partial charge in [0.25, 0.3) is 0 Å². The van der Waals surface area contributed by atoms with Crippen LogP contribution in [0.5, 0.6) is 0 Å². The number of carbonyl (C=O) groups is 2. The summed E-state index contributed by atoms with van der Waals surface area (Å²) in [6.07, 6.45) is 56.2. The molecule has 9 nitrogen and oxygen atoms in total. The highest BCUT2D eigenvalue weighted by molar-refractivity contribution is 7.47. The van der Waals surface area contributed by atoms with Crippen LogP contribution in [0.3, 0.4) is 0 Å². The molecule has 376 valence electrons. The van der Waals surface area contributed by atoms with Crippen LogP contribution in [0.1, 0.15) is 213 Å². The zero-order valence-electron chi connectivity index (χ0n) is 42.7. The number of amides is 1. The third kappa shape index (κ3) is 46.4. The average molecular weight is 932 g/mol. The zero-order valence-corrected chi connectivity index (χ0v) is 43.6. The maximum Gasteiger partial charge on any atom is 0.472 e. The molecule has 10 heteroatoms. The SMILES string of the molecule is CC/C=C\C/C=C\C/C=C\C/C=C\C/C=C\CCCC(=O)NC(COP(=O)(O)OCC[N+](C)(C)C)C(/C=C\CCCCCCCCCCC)OC(=O)CCCCCCCCCCCCC. The van der Waals surface area contributed by atoms with E-state index in [1.54, 1.807) is 0 Å². The number of unbranched alkanes of at least 4 members (excludes halogenated alkanes) is 20. The van der Waals surface area contributed by atoms with E-state index in [0.29, 0.717) is 17.4 Å². The van der Waals surface area contributed by atoms with Gasteiger partial charge in [0, 0.05) is 12.8 Å². The molecule has 2 N–H and O–H groups in total. The van der Waals surface area contributed by atoms with Crippen molar-refractivity contribution in [3.63, 3.8) is 0 Å². The summed E-state index contributed by atoms with van der Waals surface area (Å²) in [6.45, 7) is 6.82. The van der Waals surface area contributed by atoms with E-state index in [1.807, 2.05) is 33.3 Å². The highest BCUT2D eigenvalue weighted by Crippen LogP contribution is 2.43. The number of nitrogens with zero attached hydrogens (tertiary/aromatic N) is 1. The minimum absolute atomic E-state index is 0.0279. The molecule has 0 aromatic rings. The van der Waals surface area contributed by atoms with Gasteiger partial charge in [0.05, 0.1) is 33.8 Å². The molecule has 0 saturated carbocycles. The highest BCUT2D eigenvalue weighted by atomic mass is 31.2. The number of phosphoric ester groups is 1. The second kappa shape index (κ2) is 45.2. The van der Waals surface area contributed by atoms with Gasteiger partial charge in [0.1, 0.15) is 19.3 Å². The van der Waals surface area contributed by atoms with Gasteiger partial charge in [0.15, 0.2) is 0 Å². The Bertz CT molecular complexity index is 1350. The molecule has 3 atom stereocenters. The zero-order chi connectivity index (χ0) is 48.0. The minimum atomic E-state index is -4.45. The number of esters is 1. The number of ether oxygens (including phenoxy) is 1. The summed E-state index contributed by atoms with van der Waals surface area (Å²) < 4.78 is 30.4. The van der Waals surface area contributed by atoms with Crippen molar-refractivity contribution >= 4 is 19.7 Å². The molecule has 3 unspecified atom stereocenters. The normalized spacial score (nSPS) is 14.5. The van der Waals surface area contributed by atoms with E-state index in [-0.39, 0.29) is 37.9 Å². The summed E-state index contributed by atoms with van der Waals surface area (Å²) in [6, 6.07) is -0.876. The molecule has 0 fully saturated rings. The lowest BCUT2D eigenvalue weighted by Gasteiger charge is -2.27. The minimum Gasteiger partial charge on any atom is -0.456 e. The molecule has 1 amide bonds. The number of hydrogen-bond acceptors (Lipinski definition) is 6. The smallest absolute Gasteiger partial charge is 0.456 e. The maximum atomic E-state index is 13.4. The van der Waals surface area contributed by atoms with Gasteiger partial charge < -0.3 is 19.4 Å². The van der Waals surface area contributed by atoms with Gasteiger partial charge in [-0.25, -0.2) is 4.57 Å². The maximum absolute atomic E-state index is 13.4. The fourth-order valence-corrected chi connectivity index (χ4v) is 7.83. The molecule has 0 aromatic carbocycles. The first kappa shape index (κ1) is 62.4. The molecule has 0 heterocycles. The third-order valence-electron chi connectivity index (χ3n) is 11.2. The van der Waals surface area contributed by atoms with Crippen LogP contribution in [0.15, 0.2) is 72.9 Å². The van der Waals surface area contributed by atoms with Gasteiger partial charge in [-0.2, -0.15) is 0 Å². The Morgan fingerprint density at radius 1 is 0.554 bits per heavy atom. The topological polar surface area (TPSA) is 111 Å². The number of quaternary nitrogens is 1. The van der Waals surface area contributed by atoms with E-state index in [0.717, 1.165) is 77.0 Å². The summed E-state index contributed by atoms with van der Waals surface area (Å²) in [7, 11) is 1.45. The van der Waals surface area contributed by atoms with E-state index in [1.165, 1.54) is 96.3 Å². The number of nitrogens with one attached hydrogen (secondary N) is 1. The van der Waals surface area contributed by atoms with Crippen molar-refractivity contribution in [2.24, 2.45) is 0 Å². The molecule has 0 aliphatic heterocycles. The predicted octanol–water partition coefficient (Wildman–Crippen LogP) is 15.3. The van der Waals surface area contributed by atoms with Gasteiger partial charge in [-0.05, 0) is 70.3 Å². The molecule has 0 saturated heterocycles. The summed E-state index contributed by atoms with van der Waals surface area (Å²) >= 11 is 0. The van der Waals surface area contributed by atoms with Crippen LogP contribution in [0.25, 0.3) is 0 Å². The molecule has 0 radical (unpaired) electrons. The Morgan fingerprint density at radius 3 is 1.49 bits per heavy atom. The Balaban J connectivity index is 5.49. The van der Waals surface area contributed by atoms with Crippen LogP contribution < -0.4 is 5.32 Å². The van der Waals surface area contributed by atoms with Gasteiger partial charge in [-0.15, -0.1) is 0 Å². The Kier molecular flexibility index (Phi) is 43.5. The summed E-state index contributed by atoms with van der Waals surface area (Å²) in [5, 5.41) is 3.00. The molecule has 65 heavy (non-hydrogen) atoms. The Morgan fingerprint density at radius 2 is 1.00 bits per heavy atom. The van der Waals surface area contributed by atoms with E-state index in [9.17, 15) is 19.0 Å². The quantitative estimate of drug-likeness (QED) is 0.0206. The molecular formula is C55H100N2O7P+. The monoisotopic (exact) mass is 932 g/mol. The van der Waals surface area contributed by atoms with Crippen molar-refractivity contribution in [1.29, 1.82) is 0 Å². The molecule has 0 aromatic heterocycles. The lowest BCUT2D eigenvalue weighted by molar-refractivity contribution is -0.870. The van der Waals surface area contributed by atoms with E-state index < -0.39 is 20.0 Å². The number of rotatable bonds is 46. The van der Waals surface area contributed by atoms with Crippen molar-refractivity contribution < 1.29 is 37.3 Å².